The van der Waals surface area contributed by atoms with Crippen molar-refractivity contribution in [3.05, 3.63) is 112 Å². The van der Waals surface area contributed by atoms with Crippen LogP contribution >= 0.6 is 0 Å². The zero-order valence-electron chi connectivity index (χ0n) is 25.5. The number of carbonyl (C=O) groups is 2. The third-order valence-corrected chi connectivity index (χ3v) is 8.85. The van der Waals surface area contributed by atoms with Crippen molar-refractivity contribution < 1.29 is 31.2 Å². The summed E-state index contributed by atoms with van der Waals surface area (Å²) in [6.07, 6.45) is 2.46. The van der Waals surface area contributed by atoms with Crippen LogP contribution in [0, 0.1) is 11.6 Å². The Morgan fingerprint density at radius 3 is 2.13 bits per heavy atom. The van der Waals surface area contributed by atoms with Gasteiger partial charge >= 0.3 is 0 Å². The number of hydrogen-bond donors (Lipinski definition) is 2. The fourth-order valence-electron chi connectivity index (χ4n) is 5.09. The fraction of sp³-hybridized carbons (Fsp3) is 0.182. The van der Waals surface area contributed by atoms with Crippen molar-refractivity contribution in [2.45, 2.75) is 13.0 Å². The van der Waals surface area contributed by atoms with E-state index in [9.17, 15) is 31.6 Å². The lowest BCUT2D eigenvalue weighted by Crippen LogP contribution is -2.33. The number of halogens is 2. The van der Waals surface area contributed by atoms with Crippen LogP contribution < -0.4 is 20.5 Å². The second-order valence-electron chi connectivity index (χ2n) is 10.8. The van der Waals surface area contributed by atoms with Crippen molar-refractivity contribution in [2.24, 2.45) is 7.05 Å². The molecule has 238 valence electrons. The second kappa shape index (κ2) is 12.2. The molecule has 10 nitrogen and oxygen atoms in total. The number of rotatable bonds is 8. The number of hydrogen-bond acceptors (Lipinski definition) is 6. The summed E-state index contributed by atoms with van der Waals surface area (Å²) < 4.78 is 60.9. The van der Waals surface area contributed by atoms with Crippen LogP contribution in [0.5, 0.6) is 0 Å². The first kappa shape index (κ1) is 32.1. The molecule has 2 aromatic heterocycles. The Bertz CT molecular complexity index is 2160. The maximum absolute atomic E-state index is 13.7. The summed E-state index contributed by atoms with van der Waals surface area (Å²) in [6, 6.07) is 14.7. The molecule has 0 fully saturated rings. The van der Waals surface area contributed by atoms with Gasteiger partial charge in [-0.1, -0.05) is 12.1 Å². The Hall–Kier alpha value is -5.30. The van der Waals surface area contributed by atoms with E-state index in [2.05, 4.69) is 10.6 Å². The van der Waals surface area contributed by atoms with Gasteiger partial charge in [-0.15, -0.1) is 0 Å². The van der Waals surface area contributed by atoms with E-state index >= 15 is 0 Å². The summed E-state index contributed by atoms with van der Waals surface area (Å²) in [5, 5.41) is 5.64. The van der Waals surface area contributed by atoms with E-state index in [-0.39, 0.29) is 33.7 Å². The van der Waals surface area contributed by atoms with Crippen LogP contribution in [0.25, 0.3) is 33.4 Å². The number of anilines is 1. The van der Waals surface area contributed by atoms with Gasteiger partial charge in [-0.25, -0.2) is 17.2 Å². The molecule has 5 rings (SSSR count). The van der Waals surface area contributed by atoms with Crippen LogP contribution in [0.4, 0.5) is 14.5 Å². The number of fused-ring (bicyclic) bond motifs is 1. The van der Waals surface area contributed by atoms with Gasteiger partial charge in [0.25, 0.3) is 17.4 Å². The molecule has 3 aromatic carbocycles. The standard InChI is InChI=1S/C33H30F2N4O6S/c1-18(19-6-10-22(34)11-7-19)37-31(40)26-14-21(17-38(3)33(26)42)24-15-25-28(16-27(24)39(4)46(5,43)44)45-30(29(25)32(41)36-2)20-8-12-23(35)13-9-20/h6-18H,1-5H3,(H,36,41)(H,37,40)/t18-/m1/s1. The number of sulfonamides is 1. The molecule has 2 amide bonds. The minimum atomic E-state index is -3.83. The Kier molecular flexibility index (Phi) is 8.54. The molecular weight excluding hydrogens is 618 g/mol. The van der Waals surface area contributed by atoms with Gasteiger partial charge < -0.3 is 19.6 Å². The molecule has 2 heterocycles. The first-order valence-corrected chi connectivity index (χ1v) is 15.8. The van der Waals surface area contributed by atoms with E-state index in [4.69, 9.17) is 4.42 Å². The zero-order chi connectivity index (χ0) is 33.5. The molecule has 0 radical (unpaired) electrons. The third-order valence-electron chi connectivity index (χ3n) is 7.66. The van der Waals surface area contributed by atoms with Crippen LogP contribution in [-0.2, 0) is 17.1 Å². The number of furan rings is 1. The molecule has 0 unspecified atom stereocenters. The summed E-state index contributed by atoms with van der Waals surface area (Å²) in [5.41, 5.74) is 1.18. The molecule has 0 spiro atoms. The minimum absolute atomic E-state index is 0.120. The Morgan fingerprint density at radius 2 is 1.54 bits per heavy atom. The molecule has 2 N–H and O–H groups in total. The lowest BCUT2D eigenvalue weighted by molar-refractivity contribution is 0.0935. The summed E-state index contributed by atoms with van der Waals surface area (Å²) >= 11 is 0. The second-order valence-corrected chi connectivity index (χ2v) is 12.8. The van der Waals surface area contributed by atoms with Gasteiger partial charge in [-0.2, -0.15) is 0 Å². The van der Waals surface area contributed by atoms with E-state index in [1.807, 2.05) is 0 Å². The van der Waals surface area contributed by atoms with Crippen LogP contribution in [0.15, 0.2) is 82.1 Å². The molecule has 0 aliphatic heterocycles. The molecule has 0 saturated carbocycles. The third kappa shape index (κ3) is 6.13. The number of benzene rings is 3. The maximum Gasteiger partial charge on any atom is 0.263 e. The quantitative estimate of drug-likeness (QED) is 0.244. The Labute approximate surface area is 263 Å². The first-order chi connectivity index (χ1) is 21.7. The van der Waals surface area contributed by atoms with Crippen molar-refractivity contribution in [3.8, 4) is 22.5 Å². The number of nitrogens with zero attached hydrogens (tertiary/aromatic N) is 2. The van der Waals surface area contributed by atoms with E-state index in [0.29, 0.717) is 22.1 Å². The van der Waals surface area contributed by atoms with Crippen molar-refractivity contribution in [1.29, 1.82) is 0 Å². The highest BCUT2D eigenvalue weighted by Crippen LogP contribution is 2.41. The van der Waals surface area contributed by atoms with Crippen molar-refractivity contribution in [2.75, 3.05) is 24.7 Å². The van der Waals surface area contributed by atoms with E-state index < -0.39 is 45.1 Å². The summed E-state index contributed by atoms with van der Waals surface area (Å²) in [6.45, 7) is 1.69. The molecule has 13 heteroatoms. The largest absolute Gasteiger partial charge is 0.455 e. The van der Waals surface area contributed by atoms with Crippen molar-refractivity contribution in [3.63, 3.8) is 0 Å². The zero-order valence-corrected chi connectivity index (χ0v) is 26.3. The smallest absolute Gasteiger partial charge is 0.263 e. The highest BCUT2D eigenvalue weighted by Gasteiger charge is 2.27. The molecular formula is C33H30F2N4O6S. The molecule has 0 saturated heterocycles. The first-order valence-electron chi connectivity index (χ1n) is 14.0. The molecule has 1 atom stereocenters. The van der Waals surface area contributed by atoms with Crippen molar-refractivity contribution >= 4 is 38.5 Å². The van der Waals surface area contributed by atoms with Gasteiger partial charge in [0.2, 0.25) is 10.0 Å². The molecule has 0 aliphatic carbocycles. The van der Waals surface area contributed by atoms with E-state index in [1.54, 1.807) is 13.0 Å². The number of aromatic nitrogens is 1. The predicted octanol–water partition coefficient (Wildman–Crippen LogP) is 4.99. The predicted molar refractivity (Wildman–Crippen MR) is 171 cm³/mol. The minimum Gasteiger partial charge on any atom is -0.455 e. The van der Waals surface area contributed by atoms with Gasteiger partial charge in [0, 0.05) is 55.5 Å². The van der Waals surface area contributed by atoms with Crippen LogP contribution in [0.3, 0.4) is 0 Å². The summed E-state index contributed by atoms with van der Waals surface area (Å²) in [5.74, 6) is -2.00. The van der Waals surface area contributed by atoms with Gasteiger partial charge in [-0.05, 0) is 61.0 Å². The number of amides is 2. The lowest BCUT2D eigenvalue weighted by atomic mass is 9.98. The normalized spacial score (nSPS) is 12.2. The molecule has 5 aromatic rings. The highest BCUT2D eigenvalue weighted by atomic mass is 32.2. The fourth-order valence-corrected chi connectivity index (χ4v) is 5.60. The average molecular weight is 649 g/mol. The monoisotopic (exact) mass is 648 g/mol. The topological polar surface area (TPSA) is 131 Å². The van der Waals surface area contributed by atoms with E-state index in [1.165, 1.54) is 92.6 Å². The summed E-state index contributed by atoms with van der Waals surface area (Å²) in [4.78, 5) is 39.8. The Morgan fingerprint density at radius 1 is 0.935 bits per heavy atom. The Balaban J connectivity index is 1.72. The van der Waals surface area contributed by atoms with Gasteiger partial charge in [0.1, 0.15) is 28.5 Å². The highest BCUT2D eigenvalue weighted by molar-refractivity contribution is 7.92. The van der Waals surface area contributed by atoms with Crippen molar-refractivity contribution in [1.82, 2.24) is 15.2 Å². The molecule has 0 aliphatic rings. The van der Waals surface area contributed by atoms with Gasteiger partial charge in [0.15, 0.2) is 0 Å². The number of nitrogens with one attached hydrogen (secondary N) is 2. The molecule has 0 bridgehead atoms. The lowest BCUT2D eigenvalue weighted by Gasteiger charge is -2.21. The average Bonchev–Trinajstić information content (AvgIpc) is 3.39. The molecule has 46 heavy (non-hydrogen) atoms. The number of pyridine rings is 1. The van der Waals surface area contributed by atoms with Crippen LogP contribution in [-0.4, -0.2) is 45.2 Å². The van der Waals surface area contributed by atoms with Crippen LogP contribution in [0.1, 0.15) is 39.2 Å². The van der Waals surface area contributed by atoms with E-state index in [0.717, 1.165) is 10.6 Å². The number of carbonyl (C=O) groups excluding carboxylic acids is 2. The summed E-state index contributed by atoms with van der Waals surface area (Å²) in [7, 11) is 0.389. The van der Waals surface area contributed by atoms with Gasteiger partial charge in [-0.3, -0.25) is 18.7 Å². The SMILES string of the molecule is CNC(=O)c1c(-c2ccc(F)cc2)oc2cc(N(C)S(C)(=O)=O)c(-c3cc(C(=O)N[C@H](C)c4ccc(F)cc4)c(=O)n(C)c3)cc12. The van der Waals surface area contributed by atoms with Gasteiger partial charge in [0.05, 0.1) is 23.5 Å². The maximum atomic E-state index is 13.7. The number of aryl methyl sites for hydroxylation is 1. The van der Waals surface area contributed by atoms with Crippen LogP contribution in [0.2, 0.25) is 0 Å².